The van der Waals surface area contributed by atoms with Gasteiger partial charge in [-0.15, -0.1) is 0 Å². The summed E-state index contributed by atoms with van der Waals surface area (Å²) in [5.74, 6) is -2.67. The molecule has 0 saturated carbocycles. The number of benzene rings is 2. The Bertz CT molecular complexity index is 1590. The summed E-state index contributed by atoms with van der Waals surface area (Å²) >= 11 is 0. The van der Waals surface area contributed by atoms with Crippen LogP contribution in [0.2, 0.25) is 0 Å². The summed E-state index contributed by atoms with van der Waals surface area (Å²) in [6.07, 6.45) is 4.23. The molecule has 3 N–H and O–H groups in total. The molecule has 4 amide bonds. The summed E-state index contributed by atoms with van der Waals surface area (Å²) in [4.78, 5) is 65.4. The number of halogens is 3. The van der Waals surface area contributed by atoms with Crippen LogP contribution in [0.15, 0.2) is 66.9 Å². The van der Waals surface area contributed by atoms with Crippen molar-refractivity contribution >= 4 is 30.4 Å². The zero-order valence-electron chi connectivity index (χ0n) is 30.1. The number of carbonyl (C=O) groups is 5. The van der Waals surface area contributed by atoms with Crippen LogP contribution >= 0.6 is 0 Å². The molecule has 3 aromatic rings. The van der Waals surface area contributed by atoms with Crippen LogP contribution in [0.1, 0.15) is 64.9 Å². The maximum atomic E-state index is 14.9. The minimum absolute atomic E-state index is 0.00650. The van der Waals surface area contributed by atoms with Gasteiger partial charge in [0, 0.05) is 50.0 Å². The highest BCUT2D eigenvalue weighted by Crippen LogP contribution is 2.39. The zero-order chi connectivity index (χ0) is 38.7. The van der Waals surface area contributed by atoms with Gasteiger partial charge >= 0.3 is 0 Å². The molecular weight excluding hydrogens is 665 g/mol. The zero-order valence-corrected chi connectivity index (χ0v) is 30.1. The second kappa shape index (κ2) is 21.9. The van der Waals surface area contributed by atoms with E-state index < -0.39 is 46.7 Å². The molecule has 0 saturated heterocycles. The smallest absolute Gasteiger partial charge is 0.253 e. The monoisotopic (exact) mass is 714 g/mol. The third-order valence-corrected chi connectivity index (χ3v) is 7.41. The molecule has 14 heteroatoms. The van der Waals surface area contributed by atoms with E-state index in [2.05, 4.69) is 5.32 Å². The van der Waals surface area contributed by atoms with Crippen LogP contribution in [0.5, 0.6) is 0 Å². The first-order valence-electron chi connectivity index (χ1n) is 16.4. The van der Waals surface area contributed by atoms with E-state index in [-0.39, 0.29) is 37.3 Å². The molecule has 1 aliphatic heterocycles. The summed E-state index contributed by atoms with van der Waals surface area (Å²) in [6.45, 7) is 12.3. The molecule has 1 aromatic heterocycles. The minimum Gasteiger partial charge on any atom is -0.347 e. The number of carbonyl (C=O) groups excluding carboxylic acids is 5. The second-order valence-corrected chi connectivity index (χ2v) is 11.9. The fourth-order valence-corrected chi connectivity index (χ4v) is 5.26. The second-order valence-electron chi connectivity index (χ2n) is 11.9. The Kier molecular flexibility index (Phi) is 18.8. The normalized spacial score (nSPS) is 12.5. The van der Waals surface area contributed by atoms with Gasteiger partial charge in [0.25, 0.3) is 11.8 Å². The number of rotatable bonds is 13. The SMILES string of the molecule is C=O.CC.CC(C)(C)C(c1nc(-c2cc(F)ccc2F)cn1Cc1ccccc1)N(CCCN)C(=O)CNC(=O)CCN1C(=O)C=CC1=O.CF. The van der Waals surface area contributed by atoms with E-state index in [9.17, 15) is 32.3 Å². The van der Waals surface area contributed by atoms with E-state index >= 15 is 0 Å². The lowest BCUT2D eigenvalue weighted by Gasteiger charge is -2.40. The number of aromatic nitrogens is 2. The number of imidazole rings is 1. The number of imide groups is 1. The molecule has 0 fully saturated rings. The Balaban J connectivity index is 0.00000206. The van der Waals surface area contributed by atoms with Crippen LogP contribution in [0.4, 0.5) is 13.2 Å². The molecule has 2 heterocycles. The molecule has 0 bridgehead atoms. The molecule has 0 spiro atoms. The van der Waals surface area contributed by atoms with Gasteiger partial charge in [-0.05, 0) is 42.1 Å². The van der Waals surface area contributed by atoms with Crippen LogP contribution in [0, 0.1) is 17.0 Å². The summed E-state index contributed by atoms with van der Waals surface area (Å²) in [6, 6.07) is 12.1. The average molecular weight is 715 g/mol. The van der Waals surface area contributed by atoms with Gasteiger partial charge in [-0.25, -0.2) is 13.8 Å². The lowest BCUT2D eigenvalue weighted by molar-refractivity contribution is -0.139. The average Bonchev–Trinajstić information content (AvgIpc) is 3.68. The molecule has 0 aliphatic carbocycles. The topological polar surface area (TPSA) is 148 Å². The van der Waals surface area contributed by atoms with Crippen molar-refractivity contribution in [2.75, 3.05) is 33.4 Å². The van der Waals surface area contributed by atoms with Gasteiger partial charge < -0.3 is 25.3 Å². The van der Waals surface area contributed by atoms with Crippen molar-refractivity contribution in [3.05, 3.63) is 89.9 Å². The number of alkyl halides is 1. The highest BCUT2D eigenvalue weighted by Gasteiger charge is 2.38. The molecule has 51 heavy (non-hydrogen) atoms. The minimum atomic E-state index is -0.659. The molecule has 0 radical (unpaired) electrons. The van der Waals surface area contributed by atoms with Gasteiger partial charge in [-0.3, -0.25) is 28.5 Å². The summed E-state index contributed by atoms with van der Waals surface area (Å²) in [5.41, 5.74) is 6.39. The number of nitrogens with one attached hydrogen (secondary N) is 1. The molecule has 1 aliphatic rings. The lowest BCUT2D eigenvalue weighted by Crippen LogP contribution is -2.47. The molecule has 2 aromatic carbocycles. The van der Waals surface area contributed by atoms with E-state index in [1.54, 1.807) is 11.1 Å². The first-order valence-corrected chi connectivity index (χ1v) is 16.4. The third-order valence-electron chi connectivity index (χ3n) is 7.41. The van der Waals surface area contributed by atoms with Gasteiger partial charge in [0.2, 0.25) is 11.8 Å². The Labute approximate surface area is 297 Å². The highest BCUT2D eigenvalue weighted by molar-refractivity contribution is 6.13. The number of nitrogens with two attached hydrogens (primary N) is 1. The Hall–Kier alpha value is -5.11. The van der Waals surface area contributed by atoms with Crippen molar-refractivity contribution < 1.29 is 37.1 Å². The van der Waals surface area contributed by atoms with Crippen molar-refractivity contribution in [1.82, 2.24) is 24.7 Å². The van der Waals surface area contributed by atoms with Crippen LogP contribution in [0.25, 0.3) is 11.3 Å². The summed E-state index contributed by atoms with van der Waals surface area (Å²) in [7, 11) is 0.500. The first kappa shape index (κ1) is 43.9. The largest absolute Gasteiger partial charge is 0.347 e. The molecule has 1 unspecified atom stereocenters. The number of amides is 4. The van der Waals surface area contributed by atoms with Crippen LogP contribution < -0.4 is 11.1 Å². The number of hydrogen-bond donors (Lipinski definition) is 2. The molecular formula is C37H49F3N6O5. The van der Waals surface area contributed by atoms with E-state index in [4.69, 9.17) is 15.5 Å². The maximum Gasteiger partial charge on any atom is 0.253 e. The Morgan fingerprint density at radius 3 is 2.18 bits per heavy atom. The predicted octanol–water partition coefficient (Wildman–Crippen LogP) is 5.00. The van der Waals surface area contributed by atoms with Crippen molar-refractivity contribution in [3.8, 4) is 11.3 Å². The Morgan fingerprint density at radius 1 is 1.00 bits per heavy atom. The third kappa shape index (κ3) is 12.6. The fraction of sp³-hybridized carbons (Fsp3) is 0.405. The van der Waals surface area contributed by atoms with Gasteiger partial charge in [-0.2, -0.15) is 0 Å². The molecule has 11 nitrogen and oxygen atoms in total. The van der Waals surface area contributed by atoms with Crippen molar-refractivity contribution in [1.29, 1.82) is 0 Å². The van der Waals surface area contributed by atoms with Crippen LogP contribution in [-0.2, 0) is 30.5 Å². The Morgan fingerprint density at radius 2 is 1.61 bits per heavy atom. The highest BCUT2D eigenvalue weighted by atomic mass is 19.1. The number of hydrogen-bond acceptors (Lipinski definition) is 7. The lowest BCUT2D eigenvalue weighted by atomic mass is 9.84. The number of nitrogens with zero attached hydrogens (tertiary/aromatic N) is 4. The summed E-state index contributed by atoms with van der Waals surface area (Å²) < 4.78 is 40.5. The van der Waals surface area contributed by atoms with E-state index in [1.165, 1.54) is 0 Å². The van der Waals surface area contributed by atoms with Crippen molar-refractivity contribution in [3.63, 3.8) is 0 Å². The summed E-state index contributed by atoms with van der Waals surface area (Å²) in [5, 5.41) is 2.60. The van der Waals surface area contributed by atoms with E-state index in [1.807, 2.05) is 76.3 Å². The van der Waals surface area contributed by atoms with Gasteiger partial charge in [0.05, 0.1) is 25.5 Å². The van der Waals surface area contributed by atoms with E-state index in [0.717, 1.165) is 40.8 Å². The standard InChI is InChI=1S/C33H38F2N6O4.C2H6.CH3F.CH2O/c1-33(2,3)31(41(16-7-15-36)30(45)19-37-27(42)14-17-40-28(43)12-13-29(40)44)32-38-26(24-18-23(34)10-11-25(24)35)21-39(32)20-22-8-5-4-6-9-22;3*1-2/h4-6,8-13,18,21,31H,7,14-17,19-20,36H2,1-3H3,(H,37,42);1-2H3;1H3;1H2. The van der Waals surface area contributed by atoms with Gasteiger partial charge in [-0.1, -0.05) is 65.0 Å². The van der Waals surface area contributed by atoms with Gasteiger partial charge in [0.1, 0.15) is 24.2 Å². The maximum absolute atomic E-state index is 14.9. The van der Waals surface area contributed by atoms with Crippen molar-refractivity contribution in [2.24, 2.45) is 11.1 Å². The molecule has 1 atom stereocenters. The molecule has 278 valence electrons. The van der Waals surface area contributed by atoms with Crippen molar-refractivity contribution in [2.45, 2.75) is 60.0 Å². The molecule has 4 rings (SSSR count). The van der Waals surface area contributed by atoms with Gasteiger partial charge in [0.15, 0.2) is 0 Å². The van der Waals surface area contributed by atoms with E-state index in [0.29, 0.717) is 32.5 Å². The quantitative estimate of drug-likeness (QED) is 0.237. The first-order chi connectivity index (χ1) is 24.4. The fourth-order valence-electron chi connectivity index (χ4n) is 5.26. The van der Waals surface area contributed by atoms with Crippen LogP contribution in [0.3, 0.4) is 0 Å². The predicted molar refractivity (Wildman–Crippen MR) is 190 cm³/mol. The van der Waals surface area contributed by atoms with Crippen LogP contribution in [-0.4, -0.2) is 83.1 Å².